The lowest BCUT2D eigenvalue weighted by molar-refractivity contribution is 0.0159. The van der Waals surface area contributed by atoms with Gasteiger partial charge in [0.25, 0.3) is 0 Å². The molecule has 2 rings (SSSR count). The van der Waals surface area contributed by atoms with Crippen LogP contribution in [0.4, 0.5) is 5.69 Å². The number of rotatable bonds is 6. The summed E-state index contributed by atoms with van der Waals surface area (Å²) >= 11 is 6.38. The highest BCUT2D eigenvalue weighted by atomic mass is 35.5. The van der Waals surface area contributed by atoms with Gasteiger partial charge in [0.1, 0.15) is 0 Å². The van der Waals surface area contributed by atoms with Crippen LogP contribution in [0.3, 0.4) is 0 Å². The van der Waals surface area contributed by atoms with Crippen molar-refractivity contribution in [2.24, 2.45) is 0 Å². The van der Waals surface area contributed by atoms with Gasteiger partial charge in [-0.05, 0) is 37.6 Å². The zero-order chi connectivity index (χ0) is 14.4. The molecule has 1 aromatic carbocycles. The summed E-state index contributed by atoms with van der Waals surface area (Å²) < 4.78 is 5.58. The van der Waals surface area contributed by atoms with Crippen LogP contribution in [0.25, 0.3) is 0 Å². The maximum atomic E-state index is 8.78. The molecule has 0 aromatic heterocycles. The summed E-state index contributed by atoms with van der Waals surface area (Å²) in [5.41, 5.74) is 2.30. The maximum Gasteiger partial charge on any atom is 0.0701 e. The molecule has 1 aromatic rings. The van der Waals surface area contributed by atoms with E-state index < -0.39 is 0 Å². The molecule has 4 nitrogen and oxygen atoms in total. The zero-order valence-corrected chi connectivity index (χ0v) is 12.7. The number of aliphatic hydroxyl groups excluding tert-OH is 1. The molecule has 0 radical (unpaired) electrons. The summed E-state index contributed by atoms with van der Waals surface area (Å²) in [7, 11) is 1.93. The first kappa shape index (κ1) is 15.6. The second kappa shape index (κ2) is 7.84. The second-order valence-corrected chi connectivity index (χ2v) is 5.50. The minimum atomic E-state index is 0.0962. The average Bonchev–Trinajstić information content (AvgIpc) is 2.46. The Morgan fingerprint density at radius 2 is 2.15 bits per heavy atom. The first-order valence-corrected chi connectivity index (χ1v) is 7.53. The third kappa shape index (κ3) is 4.09. The molecule has 1 aliphatic rings. The van der Waals surface area contributed by atoms with Gasteiger partial charge in [0.05, 0.1) is 30.0 Å². The smallest absolute Gasteiger partial charge is 0.0701 e. The first-order chi connectivity index (χ1) is 9.74. The van der Waals surface area contributed by atoms with Gasteiger partial charge in [-0.25, -0.2) is 0 Å². The van der Waals surface area contributed by atoms with Crippen molar-refractivity contribution in [3.63, 3.8) is 0 Å². The molecule has 0 atom stereocenters. The van der Waals surface area contributed by atoms with Gasteiger partial charge in [-0.1, -0.05) is 17.7 Å². The van der Waals surface area contributed by atoms with Crippen LogP contribution in [-0.4, -0.2) is 44.6 Å². The number of anilines is 1. The van der Waals surface area contributed by atoms with Crippen molar-refractivity contribution in [1.29, 1.82) is 0 Å². The summed E-state index contributed by atoms with van der Waals surface area (Å²) in [6, 6.07) is 6.25. The molecule has 0 spiro atoms. The Labute approximate surface area is 125 Å². The van der Waals surface area contributed by atoms with E-state index in [1.807, 2.05) is 13.1 Å². The highest BCUT2D eigenvalue weighted by Crippen LogP contribution is 2.29. The van der Waals surface area contributed by atoms with Crippen LogP contribution < -0.4 is 10.2 Å². The predicted octanol–water partition coefficient (Wildman–Crippen LogP) is 2.04. The molecule has 1 saturated heterocycles. The molecule has 1 heterocycles. The van der Waals surface area contributed by atoms with Crippen molar-refractivity contribution >= 4 is 17.3 Å². The van der Waals surface area contributed by atoms with Crippen LogP contribution in [0, 0.1) is 0 Å². The molecule has 1 aliphatic heterocycles. The Balaban J connectivity index is 1.93. The Morgan fingerprint density at radius 3 is 2.75 bits per heavy atom. The zero-order valence-electron chi connectivity index (χ0n) is 11.9. The SMILES string of the molecule is CNCc1ccc(N2CCC(OCCO)CC2)c(Cl)c1. The molecule has 5 heteroatoms. The largest absolute Gasteiger partial charge is 0.394 e. The number of halogens is 1. The van der Waals surface area contributed by atoms with Crippen molar-refractivity contribution in [2.75, 3.05) is 38.3 Å². The van der Waals surface area contributed by atoms with Crippen LogP contribution in [-0.2, 0) is 11.3 Å². The molecule has 1 fully saturated rings. The molecule has 112 valence electrons. The number of hydrogen-bond acceptors (Lipinski definition) is 4. The first-order valence-electron chi connectivity index (χ1n) is 7.15. The van der Waals surface area contributed by atoms with E-state index in [-0.39, 0.29) is 12.7 Å². The lowest BCUT2D eigenvalue weighted by atomic mass is 10.1. The predicted molar refractivity (Wildman–Crippen MR) is 82.5 cm³/mol. The third-order valence-corrected chi connectivity index (χ3v) is 3.92. The summed E-state index contributed by atoms with van der Waals surface area (Å²) in [4.78, 5) is 2.31. The minimum absolute atomic E-state index is 0.0962. The number of piperidine rings is 1. The number of benzene rings is 1. The number of nitrogens with one attached hydrogen (secondary N) is 1. The van der Waals surface area contributed by atoms with Crippen LogP contribution in [0.1, 0.15) is 18.4 Å². The molecule has 0 bridgehead atoms. The molecule has 0 unspecified atom stereocenters. The minimum Gasteiger partial charge on any atom is -0.394 e. The lowest BCUT2D eigenvalue weighted by Crippen LogP contribution is -2.37. The topological polar surface area (TPSA) is 44.7 Å². The maximum absolute atomic E-state index is 8.78. The molecule has 0 amide bonds. The van der Waals surface area contributed by atoms with Crippen molar-refractivity contribution in [3.05, 3.63) is 28.8 Å². The highest BCUT2D eigenvalue weighted by molar-refractivity contribution is 6.33. The van der Waals surface area contributed by atoms with Gasteiger partial charge in [-0.15, -0.1) is 0 Å². The number of ether oxygens (including phenoxy) is 1. The van der Waals surface area contributed by atoms with Gasteiger partial charge in [0.2, 0.25) is 0 Å². The van der Waals surface area contributed by atoms with Crippen molar-refractivity contribution in [2.45, 2.75) is 25.5 Å². The van der Waals surface area contributed by atoms with E-state index in [0.717, 1.165) is 43.2 Å². The van der Waals surface area contributed by atoms with Gasteiger partial charge < -0.3 is 20.1 Å². The molecular formula is C15H23ClN2O2. The van der Waals surface area contributed by atoms with Gasteiger partial charge in [-0.3, -0.25) is 0 Å². The lowest BCUT2D eigenvalue weighted by Gasteiger charge is -2.34. The quantitative estimate of drug-likeness (QED) is 0.843. The van der Waals surface area contributed by atoms with E-state index in [1.165, 1.54) is 5.56 Å². The molecule has 0 saturated carbocycles. The second-order valence-electron chi connectivity index (χ2n) is 5.10. The average molecular weight is 299 g/mol. The van der Waals surface area contributed by atoms with E-state index >= 15 is 0 Å². The molecule has 0 aliphatic carbocycles. The van der Waals surface area contributed by atoms with Crippen LogP contribution in [0.15, 0.2) is 18.2 Å². The number of hydrogen-bond donors (Lipinski definition) is 2. The van der Waals surface area contributed by atoms with E-state index in [2.05, 4.69) is 22.3 Å². The summed E-state index contributed by atoms with van der Waals surface area (Å²) in [6.07, 6.45) is 2.23. The van der Waals surface area contributed by atoms with Crippen molar-refractivity contribution in [3.8, 4) is 0 Å². The van der Waals surface area contributed by atoms with Crippen molar-refractivity contribution in [1.82, 2.24) is 5.32 Å². The summed E-state index contributed by atoms with van der Waals surface area (Å²) in [5.74, 6) is 0. The van der Waals surface area contributed by atoms with Crippen LogP contribution in [0.2, 0.25) is 5.02 Å². The Kier molecular flexibility index (Phi) is 6.10. The summed E-state index contributed by atoms with van der Waals surface area (Å²) in [6.45, 7) is 3.25. The third-order valence-electron chi connectivity index (χ3n) is 3.62. The monoisotopic (exact) mass is 298 g/mol. The van der Waals surface area contributed by atoms with Gasteiger partial charge in [-0.2, -0.15) is 0 Å². The van der Waals surface area contributed by atoms with E-state index in [9.17, 15) is 0 Å². The van der Waals surface area contributed by atoms with E-state index in [1.54, 1.807) is 0 Å². The Bertz CT molecular complexity index is 420. The fourth-order valence-electron chi connectivity index (χ4n) is 2.60. The number of nitrogens with zero attached hydrogens (tertiary/aromatic N) is 1. The van der Waals surface area contributed by atoms with E-state index in [0.29, 0.717) is 6.61 Å². The molecular weight excluding hydrogens is 276 g/mol. The van der Waals surface area contributed by atoms with Crippen molar-refractivity contribution < 1.29 is 9.84 Å². The fraction of sp³-hybridized carbons (Fsp3) is 0.600. The molecule has 2 N–H and O–H groups in total. The number of aliphatic hydroxyl groups is 1. The van der Waals surface area contributed by atoms with Gasteiger partial charge >= 0.3 is 0 Å². The standard InChI is InChI=1S/C15H23ClN2O2/c1-17-11-12-2-3-15(14(16)10-12)18-6-4-13(5-7-18)20-9-8-19/h2-3,10,13,17,19H,4-9,11H2,1H3. The normalized spacial score (nSPS) is 16.6. The van der Waals surface area contributed by atoms with Crippen LogP contribution in [0.5, 0.6) is 0 Å². The van der Waals surface area contributed by atoms with Gasteiger partial charge in [0.15, 0.2) is 0 Å². The Hall–Kier alpha value is -0.810. The van der Waals surface area contributed by atoms with Crippen LogP contribution >= 0.6 is 11.6 Å². The fourth-order valence-corrected chi connectivity index (χ4v) is 2.93. The van der Waals surface area contributed by atoms with E-state index in [4.69, 9.17) is 21.4 Å². The highest BCUT2D eigenvalue weighted by Gasteiger charge is 2.21. The van der Waals surface area contributed by atoms with Gasteiger partial charge in [0, 0.05) is 19.6 Å². The summed E-state index contributed by atoms with van der Waals surface area (Å²) in [5, 5.41) is 12.7. The molecule has 20 heavy (non-hydrogen) atoms. The Morgan fingerprint density at radius 1 is 1.40 bits per heavy atom.